The number of rotatable bonds is 5. The zero-order valence-corrected chi connectivity index (χ0v) is 18.0. The molecule has 2 aromatic carbocycles. The number of fused-ring (bicyclic) bond motifs is 1. The second-order valence-corrected chi connectivity index (χ2v) is 8.22. The van der Waals surface area contributed by atoms with Gasteiger partial charge in [0.25, 0.3) is 0 Å². The smallest absolute Gasteiger partial charge is 0.389 e. The van der Waals surface area contributed by atoms with E-state index < -0.39 is 23.2 Å². The van der Waals surface area contributed by atoms with Crippen LogP contribution in [-0.4, -0.2) is 39.3 Å². The van der Waals surface area contributed by atoms with Gasteiger partial charge in [0.1, 0.15) is 0 Å². The van der Waals surface area contributed by atoms with Crippen molar-refractivity contribution >= 4 is 40.2 Å². The molecule has 0 unspecified atom stereocenters. The predicted molar refractivity (Wildman–Crippen MR) is 117 cm³/mol. The van der Waals surface area contributed by atoms with Gasteiger partial charge in [-0.2, -0.15) is 18.3 Å². The number of aromatic amines is 1. The van der Waals surface area contributed by atoms with E-state index in [1.54, 1.807) is 32.0 Å². The van der Waals surface area contributed by atoms with Crippen molar-refractivity contribution in [2.24, 2.45) is 4.99 Å². The lowest BCUT2D eigenvalue weighted by molar-refractivity contribution is -0.137. The molecule has 32 heavy (non-hydrogen) atoms. The Morgan fingerprint density at radius 1 is 1.19 bits per heavy atom. The summed E-state index contributed by atoms with van der Waals surface area (Å²) in [6, 6.07) is 9.44. The fourth-order valence-corrected chi connectivity index (χ4v) is 2.93. The third kappa shape index (κ3) is 6.44. The van der Waals surface area contributed by atoms with Crippen molar-refractivity contribution in [3.63, 3.8) is 0 Å². The highest BCUT2D eigenvalue weighted by Crippen LogP contribution is 2.29. The molecule has 7 nitrogen and oxygen atoms in total. The molecule has 0 saturated carbocycles. The summed E-state index contributed by atoms with van der Waals surface area (Å²) in [5.41, 5.74) is -0.858. The Labute approximate surface area is 186 Å². The molecular formula is C21H21ClF3N5O2. The molecule has 170 valence electrons. The number of hydrogen-bond acceptors (Lipinski definition) is 4. The van der Waals surface area contributed by atoms with Crippen molar-refractivity contribution < 1.29 is 23.1 Å². The Hall–Kier alpha value is -3.11. The molecule has 1 amide bonds. The molecule has 0 aliphatic carbocycles. The number of guanidine groups is 1. The molecule has 0 spiro atoms. The minimum absolute atomic E-state index is 0.0237. The van der Waals surface area contributed by atoms with Crippen LogP contribution in [-0.2, 0) is 17.4 Å². The van der Waals surface area contributed by atoms with Gasteiger partial charge in [-0.15, -0.1) is 0 Å². The molecule has 0 aliphatic heterocycles. The van der Waals surface area contributed by atoms with Crippen LogP contribution >= 0.6 is 11.6 Å². The first kappa shape index (κ1) is 23.6. The maximum Gasteiger partial charge on any atom is 0.416 e. The fourth-order valence-electron chi connectivity index (χ4n) is 2.76. The molecular weight excluding hydrogens is 447 g/mol. The molecule has 0 fully saturated rings. The minimum Gasteiger partial charge on any atom is -0.389 e. The Kier molecular flexibility index (Phi) is 6.75. The van der Waals surface area contributed by atoms with Crippen LogP contribution in [0, 0.1) is 0 Å². The number of aromatic nitrogens is 2. The third-order valence-electron chi connectivity index (χ3n) is 4.29. The Morgan fingerprint density at radius 3 is 2.50 bits per heavy atom. The van der Waals surface area contributed by atoms with E-state index in [2.05, 4.69) is 25.8 Å². The van der Waals surface area contributed by atoms with Crippen molar-refractivity contribution in [3.8, 4) is 0 Å². The minimum atomic E-state index is -4.45. The number of aliphatic hydroxyl groups is 1. The van der Waals surface area contributed by atoms with E-state index in [0.29, 0.717) is 27.3 Å². The number of aliphatic imine (C=N–C) groups is 1. The number of hydrogen-bond donors (Lipinski definition) is 4. The van der Waals surface area contributed by atoms with Gasteiger partial charge in [0.05, 0.1) is 29.6 Å². The van der Waals surface area contributed by atoms with Gasteiger partial charge < -0.3 is 10.4 Å². The number of halogens is 4. The number of nitrogens with zero attached hydrogens (tertiary/aromatic N) is 2. The normalized spacial score (nSPS) is 12.8. The van der Waals surface area contributed by atoms with Gasteiger partial charge in [0.15, 0.2) is 5.82 Å². The predicted octanol–water partition coefficient (Wildman–Crippen LogP) is 4.13. The van der Waals surface area contributed by atoms with Crippen LogP contribution in [0.15, 0.2) is 47.5 Å². The topological polar surface area (TPSA) is 102 Å². The molecule has 1 heterocycles. The quantitative estimate of drug-likeness (QED) is 0.334. The second kappa shape index (κ2) is 9.17. The fraction of sp³-hybridized carbons (Fsp3) is 0.286. The van der Waals surface area contributed by atoms with E-state index in [-0.39, 0.29) is 18.9 Å². The zero-order valence-electron chi connectivity index (χ0n) is 17.2. The highest BCUT2D eigenvalue weighted by atomic mass is 35.5. The van der Waals surface area contributed by atoms with Crippen LogP contribution in [0.4, 0.5) is 19.0 Å². The molecule has 0 radical (unpaired) electrons. The lowest BCUT2D eigenvalue weighted by Gasteiger charge is -2.16. The maximum atomic E-state index is 12.7. The van der Waals surface area contributed by atoms with Crippen LogP contribution in [0.3, 0.4) is 0 Å². The number of nitrogens with one attached hydrogen (secondary N) is 3. The summed E-state index contributed by atoms with van der Waals surface area (Å²) in [7, 11) is 0. The average Bonchev–Trinajstić information content (AvgIpc) is 3.07. The van der Waals surface area contributed by atoms with E-state index in [0.717, 1.165) is 12.1 Å². The van der Waals surface area contributed by atoms with Crippen LogP contribution in [0.25, 0.3) is 10.9 Å². The molecule has 0 aliphatic rings. The molecule has 4 N–H and O–H groups in total. The van der Waals surface area contributed by atoms with Crippen molar-refractivity contribution in [2.45, 2.75) is 32.0 Å². The number of alkyl halides is 3. The number of carbonyl (C=O) groups excluding carboxylic acids is 1. The first-order chi connectivity index (χ1) is 14.9. The second-order valence-electron chi connectivity index (χ2n) is 7.78. The Morgan fingerprint density at radius 2 is 1.88 bits per heavy atom. The van der Waals surface area contributed by atoms with Gasteiger partial charge in [-0.05, 0) is 49.7 Å². The molecule has 0 atom stereocenters. The number of carbonyl (C=O) groups is 1. The zero-order chi connectivity index (χ0) is 23.5. The largest absolute Gasteiger partial charge is 0.416 e. The van der Waals surface area contributed by atoms with Crippen LogP contribution in [0.1, 0.15) is 25.0 Å². The van der Waals surface area contributed by atoms with Crippen molar-refractivity contribution in [3.05, 3.63) is 58.6 Å². The Bertz CT molecular complexity index is 1140. The van der Waals surface area contributed by atoms with E-state index in [1.807, 2.05) is 0 Å². The van der Waals surface area contributed by atoms with Gasteiger partial charge in [-0.1, -0.05) is 23.7 Å². The summed E-state index contributed by atoms with van der Waals surface area (Å²) in [4.78, 5) is 16.7. The summed E-state index contributed by atoms with van der Waals surface area (Å²) in [5, 5.41) is 23.7. The number of H-pyrrole nitrogens is 1. The monoisotopic (exact) mass is 467 g/mol. The molecule has 0 saturated heterocycles. The van der Waals surface area contributed by atoms with Gasteiger partial charge >= 0.3 is 6.18 Å². The van der Waals surface area contributed by atoms with Crippen molar-refractivity contribution in [1.29, 1.82) is 0 Å². The average molecular weight is 468 g/mol. The van der Waals surface area contributed by atoms with Crippen molar-refractivity contribution in [1.82, 2.24) is 15.5 Å². The lowest BCUT2D eigenvalue weighted by Crippen LogP contribution is -2.38. The first-order valence-electron chi connectivity index (χ1n) is 9.54. The van der Waals surface area contributed by atoms with E-state index in [1.165, 1.54) is 12.1 Å². The molecule has 3 aromatic rings. The number of amides is 1. The SMILES string of the molecule is CC(C)(O)CN=C(NC(=O)Cc1ccc(C(F)(F)F)cc1)Nc1n[nH]c2cc(Cl)ccc12. The highest BCUT2D eigenvalue weighted by molar-refractivity contribution is 6.31. The van der Waals surface area contributed by atoms with Crippen LogP contribution in [0.5, 0.6) is 0 Å². The highest BCUT2D eigenvalue weighted by Gasteiger charge is 2.30. The summed E-state index contributed by atoms with van der Waals surface area (Å²) in [5.74, 6) is -0.0944. The maximum absolute atomic E-state index is 12.7. The summed E-state index contributed by atoms with van der Waals surface area (Å²) >= 11 is 5.98. The van der Waals surface area contributed by atoms with Gasteiger partial charge in [-0.3, -0.25) is 15.2 Å². The van der Waals surface area contributed by atoms with Gasteiger partial charge in [-0.25, -0.2) is 4.99 Å². The summed E-state index contributed by atoms with van der Waals surface area (Å²) in [6.07, 6.45) is -4.61. The van der Waals surface area contributed by atoms with Crippen LogP contribution in [0.2, 0.25) is 5.02 Å². The van der Waals surface area contributed by atoms with Crippen molar-refractivity contribution in [2.75, 3.05) is 11.9 Å². The standard InChI is InChI=1S/C21H21ClF3N5O2/c1-20(2,32)11-26-19(28-18-15-8-7-14(22)10-16(15)29-30-18)27-17(31)9-12-3-5-13(6-4-12)21(23,24)25/h3-8,10,32H,9,11H2,1-2H3,(H3,26,27,28,29,30,31). The Balaban J connectivity index is 1.76. The van der Waals surface area contributed by atoms with E-state index in [4.69, 9.17) is 11.6 Å². The molecule has 1 aromatic heterocycles. The first-order valence-corrected chi connectivity index (χ1v) is 9.92. The molecule has 11 heteroatoms. The molecule has 0 bridgehead atoms. The van der Waals surface area contributed by atoms with E-state index >= 15 is 0 Å². The molecule has 3 rings (SSSR count). The lowest BCUT2D eigenvalue weighted by atomic mass is 10.1. The number of benzene rings is 2. The third-order valence-corrected chi connectivity index (χ3v) is 4.52. The van der Waals surface area contributed by atoms with E-state index in [9.17, 15) is 23.1 Å². The van der Waals surface area contributed by atoms with Crippen LogP contribution < -0.4 is 10.6 Å². The van der Waals surface area contributed by atoms with Gasteiger partial charge in [0, 0.05) is 10.4 Å². The van der Waals surface area contributed by atoms with Gasteiger partial charge in [0.2, 0.25) is 11.9 Å². The summed E-state index contributed by atoms with van der Waals surface area (Å²) < 4.78 is 38.1. The summed E-state index contributed by atoms with van der Waals surface area (Å²) in [6.45, 7) is 3.10. The number of anilines is 1.